The number of nitrogens with zero attached hydrogens (tertiary/aromatic N) is 3. The summed E-state index contributed by atoms with van der Waals surface area (Å²) in [5.41, 5.74) is 9.80. The highest BCUT2D eigenvalue weighted by Gasteiger charge is 2.16. The summed E-state index contributed by atoms with van der Waals surface area (Å²) < 4.78 is 2.57. The monoisotopic (exact) mass is 643 g/mol. The first kappa shape index (κ1) is 29.0. The van der Waals surface area contributed by atoms with E-state index in [2.05, 4.69) is 115 Å². The predicted molar refractivity (Wildman–Crippen MR) is 205 cm³/mol. The number of aromatic nitrogens is 3. The van der Waals surface area contributed by atoms with Gasteiger partial charge in [0.1, 0.15) is 0 Å². The Morgan fingerprint density at radius 1 is 0.265 bits per heavy atom. The molecule has 9 aromatic rings. The van der Waals surface area contributed by atoms with Gasteiger partial charge in [0.15, 0.2) is 17.5 Å². The summed E-state index contributed by atoms with van der Waals surface area (Å²) in [6.45, 7) is 0. The molecule has 0 unspecified atom stereocenters. The summed E-state index contributed by atoms with van der Waals surface area (Å²) in [6, 6.07) is 61.7. The molecule has 0 spiro atoms. The smallest absolute Gasteiger partial charge is 0.164 e. The molecular weight excluding hydrogens is 615 g/mol. The van der Waals surface area contributed by atoms with Gasteiger partial charge in [0, 0.05) is 36.9 Å². The summed E-state index contributed by atoms with van der Waals surface area (Å²) in [6.07, 6.45) is 0. The van der Waals surface area contributed by atoms with Crippen LogP contribution in [-0.4, -0.2) is 15.0 Å². The fourth-order valence-corrected chi connectivity index (χ4v) is 7.49. The van der Waals surface area contributed by atoms with Crippen molar-refractivity contribution in [2.24, 2.45) is 0 Å². The van der Waals surface area contributed by atoms with Crippen LogP contribution in [0, 0.1) is 0 Å². The van der Waals surface area contributed by atoms with Crippen LogP contribution in [0.5, 0.6) is 0 Å². The molecule has 0 aliphatic carbocycles. The van der Waals surface area contributed by atoms with Crippen LogP contribution in [0.15, 0.2) is 176 Å². The molecule has 3 nitrogen and oxygen atoms in total. The zero-order chi connectivity index (χ0) is 32.6. The Morgan fingerprint density at radius 2 is 0.612 bits per heavy atom. The summed E-state index contributed by atoms with van der Waals surface area (Å²) >= 11 is 1.84. The van der Waals surface area contributed by atoms with Gasteiger partial charge in [0.05, 0.1) is 0 Å². The van der Waals surface area contributed by atoms with Crippen molar-refractivity contribution in [3.05, 3.63) is 176 Å². The maximum absolute atomic E-state index is 5.07. The van der Waals surface area contributed by atoms with Gasteiger partial charge in [0.25, 0.3) is 0 Å². The third kappa shape index (κ3) is 5.69. The van der Waals surface area contributed by atoms with Crippen LogP contribution in [0.25, 0.3) is 87.7 Å². The van der Waals surface area contributed by atoms with E-state index in [9.17, 15) is 0 Å². The van der Waals surface area contributed by atoms with E-state index in [0.717, 1.165) is 38.9 Å². The normalized spacial score (nSPS) is 11.3. The highest BCUT2D eigenvalue weighted by molar-refractivity contribution is 7.25. The fraction of sp³-hybridized carbons (Fsp3) is 0. The van der Waals surface area contributed by atoms with E-state index >= 15 is 0 Å². The van der Waals surface area contributed by atoms with Crippen LogP contribution in [0.3, 0.4) is 0 Å². The van der Waals surface area contributed by atoms with E-state index in [1.54, 1.807) is 0 Å². The second-order valence-corrected chi connectivity index (χ2v) is 13.2. The highest BCUT2D eigenvalue weighted by Crippen LogP contribution is 2.40. The zero-order valence-corrected chi connectivity index (χ0v) is 27.3. The number of hydrogen-bond acceptors (Lipinski definition) is 4. The second kappa shape index (κ2) is 12.4. The Labute approximate surface area is 288 Å². The van der Waals surface area contributed by atoms with Gasteiger partial charge >= 0.3 is 0 Å². The van der Waals surface area contributed by atoms with Gasteiger partial charge in [-0.2, -0.15) is 0 Å². The number of thiophene rings is 1. The van der Waals surface area contributed by atoms with E-state index < -0.39 is 0 Å². The average molecular weight is 644 g/mol. The Morgan fingerprint density at radius 3 is 1.08 bits per heavy atom. The molecule has 0 bridgehead atoms. The molecule has 0 radical (unpaired) electrons. The largest absolute Gasteiger partial charge is 0.208 e. The number of hydrogen-bond donors (Lipinski definition) is 0. The first-order valence-corrected chi connectivity index (χ1v) is 17.2. The second-order valence-electron chi connectivity index (χ2n) is 12.1. The van der Waals surface area contributed by atoms with E-state index in [4.69, 9.17) is 15.0 Å². The lowest BCUT2D eigenvalue weighted by molar-refractivity contribution is 1.07. The molecule has 0 N–H and O–H groups in total. The minimum atomic E-state index is 0.640. The predicted octanol–water partition coefficient (Wildman–Crippen LogP) is 12.2. The third-order valence-electron chi connectivity index (χ3n) is 8.91. The minimum Gasteiger partial charge on any atom is -0.208 e. The van der Waals surface area contributed by atoms with Crippen molar-refractivity contribution < 1.29 is 0 Å². The van der Waals surface area contributed by atoms with Crippen LogP contribution in [0.2, 0.25) is 0 Å². The third-order valence-corrected chi connectivity index (χ3v) is 10.1. The maximum Gasteiger partial charge on any atom is 0.164 e. The minimum absolute atomic E-state index is 0.640. The molecule has 9 rings (SSSR count). The van der Waals surface area contributed by atoms with Gasteiger partial charge in [-0.05, 0) is 75.8 Å². The molecule has 7 aromatic carbocycles. The van der Waals surface area contributed by atoms with Crippen LogP contribution >= 0.6 is 11.3 Å². The molecule has 0 saturated carbocycles. The molecule has 49 heavy (non-hydrogen) atoms. The van der Waals surface area contributed by atoms with E-state index in [-0.39, 0.29) is 0 Å². The van der Waals surface area contributed by atoms with Crippen LogP contribution < -0.4 is 0 Å². The molecule has 230 valence electrons. The van der Waals surface area contributed by atoms with Crippen molar-refractivity contribution in [3.63, 3.8) is 0 Å². The molecule has 2 aromatic heterocycles. The van der Waals surface area contributed by atoms with Crippen LogP contribution in [0.4, 0.5) is 0 Å². The number of benzene rings is 7. The Bertz CT molecular complexity index is 2520. The molecular formula is C45H29N3S. The molecule has 0 atom stereocenters. The summed E-state index contributed by atoms with van der Waals surface area (Å²) in [7, 11) is 0. The van der Waals surface area contributed by atoms with Crippen molar-refractivity contribution in [2.45, 2.75) is 0 Å². The summed E-state index contributed by atoms with van der Waals surface area (Å²) in [5, 5.41) is 2.54. The molecule has 0 aliphatic rings. The first-order chi connectivity index (χ1) is 24.2. The Hall–Kier alpha value is -6.23. The SMILES string of the molecule is c1ccc(-c2cc(-c3ccc4sc5ccc(-c6ccccc6)cc5c4c3)cc(-c3nc(-c4ccccc4)nc(-c4ccccc4)n3)c2)cc1. The quantitative estimate of drug-likeness (QED) is 0.181. The van der Waals surface area contributed by atoms with Crippen LogP contribution in [0.1, 0.15) is 0 Å². The van der Waals surface area contributed by atoms with Crippen molar-refractivity contribution in [3.8, 4) is 67.5 Å². The van der Waals surface area contributed by atoms with Gasteiger partial charge in [-0.1, -0.05) is 133 Å². The molecule has 0 amide bonds. The van der Waals surface area contributed by atoms with Gasteiger partial charge < -0.3 is 0 Å². The number of fused-ring (bicyclic) bond motifs is 3. The van der Waals surface area contributed by atoms with Gasteiger partial charge in [-0.3, -0.25) is 0 Å². The topological polar surface area (TPSA) is 38.7 Å². The standard InChI is InChI=1S/C45H29N3S/c1-5-13-30(14-6-1)34-21-23-41-39(28-34)40-29-35(22-24-42(40)49-41)37-25-36(31-15-7-2-8-16-31)26-38(27-37)45-47-43(32-17-9-3-10-18-32)46-44(48-45)33-19-11-4-12-20-33/h1-29H. The molecule has 0 saturated heterocycles. The highest BCUT2D eigenvalue weighted by atomic mass is 32.1. The molecule has 4 heteroatoms. The molecule has 2 heterocycles. The zero-order valence-electron chi connectivity index (χ0n) is 26.5. The van der Waals surface area contributed by atoms with Crippen molar-refractivity contribution in [1.29, 1.82) is 0 Å². The average Bonchev–Trinajstić information content (AvgIpc) is 3.56. The molecule has 0 fully saturated rings. The van der Waals surface area contributed by atoms with Crippen molar-refractivity contribution in [1.82, 2.24) is 15.0 Å². The van der Waals surface area contributed by atoms with E-state index in [0.29, 0.717) is 17.5 Å². The Balaban J connectivity index is 1.24. The van der Waals surface area contributed by atoms with Crippen molar-refractivity contribution >= 4 is 31.5 Å². The lowest BCUT2D eigenvalue weighted by atomic mass is 9.94. The number of rotatable bonds is 6. The first-order valence-electron chi connectivity index (χ1n) is 16.4. The lowest BCUT2D eigenvalue weighted by Crippen LogP contribution is -2.00. The maximum atomic E-state index is 5.07. The van der Waals surface area contributed by atoms with Crippen LogP contribution in [-0.2, 0) is 0 Å². The van der Waals surface area contributed by atoms with Gasteiger partial charge in [-0.15, -0.1) is 11.3 Å². The molecule has 0 aliphatic heterocycles. The fourth-order valence-electron chi connectivity index (χ4n) is 6.43. The van der Waals surface area contributed by atoms with E-state index in [1.165, 1.54) is 31.3 Å². The Kier molecular flexibility index (Phi) is 7.34. The lowest BCUT2D eigenvalue weighted by Gasteiger charge is -2.12. The summed E-state index contributed by atoms with van der Waals surface area (Å²) in [4.78, 5) is 15.1. The van der Waals surface area contributed by atoms with Crippen molar-refractivity contribution in [2.75, 3.05) is 0 Å². The van der Waals surface area contributed by atoms with Gasteiger partial charge in [0.2, 0.25) is 0 Å². The van der Waals surface area contributed by atoms with Gasteiger partial charge in [-0.25, -0.2) is 15.0 Å². The van der Waals surface area contributed by atoms with E-state index in [1.807, 2.05) is 72.0 Å². The summed E-state index contributed by atoms with van der Waals surface area (Å²) in [5.74, 6) is 1.94.